The molecule has 1 aromatic heterocycles. The minimum absolute atomic E-state index is 0.143. The molecule has 5 nitrogen and oxygen atoms in total. The number of ether oxygens (including phenoxy) is 1. The van der Waals surface area contributed by atoms with Gasteiger partial charge >= 0.3 is 0 Å². The number of hydrogen-bond donors (Lipinski definition) is 0. The summed E-state index contributed by atoms with van der Waals surface area (Å²) in [7, 11) is 0. The first-order valence-corrected chi connectivity index (χ1v) is 10.7. The maximum Gasteiger partial charge on any atom is 0.181 e. The van der Waals surface area contributed by atoms with Crippen molar-refractivity contribution in [2.24, 2.45) is 0 Å². The SMILES string of the molecule is Cc1cc(-c2nc([C@H]3CN4CCC[C@H]4CO3)n(-c3ccc(Br)cc3)n2)ccc1F. The predicted octanol–water partition coefficient (Wildman–Crippen LogP) is 4.68. The van der Waals surface area contributed by atoms with Crippen LogP contribution >= 0.6 is 15.9 Å². The molecule has 2 saturated heterocycles. The average Bonchev–Trinajstić information content (AvgIpc) is 3.37. The van der Waals surface area contributed by atoms with Gasteiger partial charge in [-0.05, 0) is 74.3 Å². The average molecular weight is 457 g/mol. The van der Waals surface area contributed by atoms with E-state index in [0.29, 0.717) is 17.4 Å². The number of aromatic nitrogens is 3. The lowest BCUT2D eigenvalue weighted by Gasteiger charge is -2.34. The Morgan fingerprint density at radius 3 is 2.79 bits per heavy atom. The second kappa shape index (κ2) is 7.63. The van der Waals surface area contributed by atoms with E-state index in [4.69, 9.17) is 14.8 Å². The Morgan fingerprint density at radius 2 is 2.00 bits per heavy atom. The van der Waals surface area contributed by atoms with E-state index in [-0.39, 0.29) is 11.9 Å². The fourth-order valence-electron chi connectivity index (χ4n) is 4.18. The summed E-state index contributed by atoms with van der Waals surface area (Å²) in [5.74, 6) is 1.14. The minimum Gasteiger partial charge on any atom is -0.367 e. The Balaban J connectivity index is 1.57. The summed E-state index contributed by atoms with van der Waals surface area (Å²) in [5, 5.41) is 4.78. The van der Waals surface area contributed by atoms with Crippen molar-refractivity contribution in [2.75, 3.05) is 19.7 Å². The molecule has 2 atom stereocenters. The summed E-state index contributed by atoms with van der Waals surface area (Å²) >= 11 is 3.49. The molecule has 0 aliphatic carbocycles. The lowest BCUT2D eigenvalue weighted by molar-refractivity contribution is -0.0549. The lowest BCUT2D eigenvalue weighted by atomic mass is 10.1. The summed E-state index contributed by atoms with van der Waals surface area (Å²) in [6, 6.07) is 13.5. The van der Waals surface area contributed by atoms with Crippen LogP contribution in [0.1, 0.15) is 30.3 Å². The van der Waals surface area contributed by atoms with E-state index in [9.17, 15) is 4.39 Å². The largest absolute Gasteiger partial charge is 0.367 e. The van der Waals surface area contributed by atoms with Crippen LogP contribution < -0.4 is 0 Å². The summed E-state index contributed by atoms with van der Waals surface area (Å²) in [5.41, 5.74) is 2.31. The summed E-state index contributed by atoms with van der Waals surface area (Å²) in [4.78, 5) is 7.35. The molecule has 2 aromatic carbocycles. The van der Waals surface area contributed by atoms with Crippen LogP contribution in [0, 0.1) is 12.7 Å². The number of halogens is 2. The fraction of sp³-hybridized carbons (Fsp3) is 0.364. The van der Waals surface area contributed by atoms with Gasteiger partial charge in [0.15, 0.2) is 11.6 Å². The Bertz CT molecular complexity index is 1040. The molecule has 3 aromatic rings. The number of fused-ring (bicyclic) bond motifs is 1. The molecule has 0 unspecified atom stereocenters. The van der Waals surface area contributed by atoms with Gasteiger partial charge < -0.3 is 4.74 Å². The molecule has 150 valence electrons. The van der Waals surface area contributed by atoms with Gasteiger partial charge in [0, 0.05) is 22.6 Å². The van der Waals surface area contributed by atoms with Gasteiger partial charge in [-0.1, -0.05) is 15.9 Å². The molecular weight excluding hydrogens is 435 g/mol. The van der Waals surface area contributed by atoms with Gasteiger partial charge in [-0.15, -0.1) is 5.10 Å². The minimum atomic E-state index is -0.225. The van der Waals surface area contributed by atoms with Crippen molar-refractivity contribution in [1.29, 1.82) is 0 Å². The summed E-state index contributed by atoms with van der Waals surface area (Å²) < 4.78 is 22.8. The van der Waals surface area contributed by atoms with E-state index in [0.717, 1.165) is 41.2 Å². The van der Waals surface area contributed by atoms with Crippen LogP contribution in [0.4, 0.5) is 4.39 Å². The monoisotopic (exact) mass is 456 g/mol. The third-order valence-corrected chi connectivity index (χ3v) is 6.33. The first kappa shape index (κ1) is 18.9. The topological polar surface area (TPSA) is 43.2 Å². The number of aryl methyl sites for hydroxylation is 1. The third kappa shape index (κ3) is 3.63. The van der Waals surface area contributed by atoms with Crippen molar-refractivity contribution in [3.8, 4) is 17.1 Å². The fourth-order valence-corrected chi connectivity index (χ4v) is 4.45. The van der Waals surface area contributed by atoms with E-state index in [2.05, 4.69) is 20.8 Å². The Morgan fingerprint density at radius 1 is 1.17 bits per heavy atom. The molecule has 3 heterocycles. The highest BCUT2D eigenvalue weighted by molar-refractivity contribution is 9.10. The van der Waals surface area contributed by atoms with Gasteiger partial charge in [-0.25, -0.2) is 14.1 Å². The quantitative estimate of drug-likeness (QED) is 0.573. The number of benzene rings is 2. The third-order valence-electron chi connectivity index (χ3n) is 5.80. The van der Waals surface area contributed by atoms with Crippen LogP contribution in [-0.2, 0) is 4.74 Å². The number of hydrogen-bond acceptors (Lipinski definition) is 4. The molecule has 0 radical (unpaired) electrons. The van der Waals surface area contributed by atoms with E-state index < -0.39 is 0 Å². The normalized spacial score (nSPS) is 22.0. The maximum atomic E-state index is 13.7. The first-order valence-electron chi connectivity index (χ1n) is 9.93. The zero-order chi connectivity index (χ0) is 20.0. The lowest BCUT2D eigenvalue weighted by Crippen LogP contribution is -2.43. The smallest absolute Gasteiger partial charge is 0.181 e. The molecule has 0 amide bonds. The highest BCUT2D eigenvalue weighted by atomic mass is 79.9. The van der Waals surface area contributed by atoms with Crippen LogP contribution in [0.15, 0.2) is 46.9 Å². The van der Waals surface area contributed by atoms with Crippen LogP contribution in [0.3, 0.4) is 0 Å². The summed E-state index contributed by atoms with van der Waals surface area (Å²) in [6.07, 6.45) is 2.28. The summed E-state index contributed by atoms with van der Waals surface area (Å²) in [6.45, 7) is 4.41. The van der Waals surface area contributed by atoms with Crippen LogP contribution in [0.5, 0.6) is 0 Å². The van der Waals surface area contributed by atoms with Crippen molar-refractivity contribution < 1.29 is 9.13 Å². The van der Waals surface area contributed by atoms with Gasteiger partial charge in [0.25, 0.3) is 0 Å². The molecule has 0 saturated carbocycles. The van der Waals surface area contributed by atoms with E-state index >= 15 is 0 Å². The van der Waals surface area contributed by atoms with E-state index in [1.807, 2.05) is 28.9 Å². The molecule has 5 rings (SSSR count). The number of nitrogens with zero attached hydrogens (tertiary/aromatic N) is 4. The molecule has 0 spiro atoms. The highest BCUT2D eigenvalue weighted by Crippen LogP contribution is 2.32. The molecule has 0 N–H and O–H groups in total. The maximum absolute atomic E-state index is 13.7. The number of rotatable bonds is 3. The van der Waals surface area contributed by atoms with Crippen LogP contribution in [0.2, 0.25) is 0 Å². The van der Waals surface area contributed by atoms with Gasteiger partial charge in [0.1, 0.15) is 11.9 Å². The van der Waals surface area contributed by atoms with Crippen molar-refractivity contribution in [3.05, 3.63) is 64.1 Å². The number of morpholine rings is 1. The Labute approximate surface area is 177 Å². The van der Waals surface area contributed by atoms with Gasteiger partial charge in [0.2, 0.25) is 0 Å². The Kier molecular flexibility index (Phi) is 4.97. The van der Waals surface area contributed by atoms with Crippen molar-refractivity contribution in [3.63, 3.8) is 0 Å². The molecule has 0 bridgehead atoms. The second-order valence-electron chi connectivity index (χ2n) is 7.76. The highest BCUT2D eigenvalue weighted by Gasteiger charge is 2.35. The van der Waals surface area contributed by atoms with Crippen LogP contribution in [0.25, 0.3) is 17.1 Å². The van der Waals surface area contributed by atoms with Crippen molar-refractivity contribution >= 4 is 15.9 Å². The van der Waals surface area contributed by atoms with E-state index in [1.165, 1.54) is 18.9 Å². The second-order valence-corrected chi connectivity index (χ2v) is 8.67. The molecule has 29 heavy (non-hydrogen) atoms. The zero-order valence-electron chi connectivity index (χ0n) is 16.2. The first-order chi connectivity index (χ1) is 14.1. The van der Waals surface area contributed by atoms with Crippen LogP contribution in [-0.4, -0.2) is 45.4 Å². The molecule has 2 aliphatic heterocycles. The molecule has 2 aliphatic rings. The zero-order valence-corrected chi connectivity index (χ0v) is 17.8. The Hall–Kier alpha value is -2.09. The predicted molar refractivity (Wildman–Crippen MR) is 112 cm³/mol. The van der Waals surface area contributed by atoms with Crippen molar-refractivity contribution in [2.45, 2.75) is 31.9 Å². The van der Waals surface area contributed by atoms with Gasteiger partial charge in [-0.3, -0.25) is 4.90 Å². The van der Waals surface area contributed by atoms with Gasteiger partial charge in [0.05, 0.1) is 12.3 Å². The standard InChI is InChI=1S/C22H22BrFN4O/c1-14-11-15(4-9-19(14)24)21-25-22(20-12-27-10-2-3-18(27)13-29-20)28(26-21)17-7-5-16(23)6-8-17/h4-9,11,18,20H,2-3,10,12-13H2,1H3/t18-,20+/m0/s1. The molecular formula is C22H22BrFN4O. The van der Waals surface area contributed by atoms with Gasteiger partial charge in [-0.2, -0.15) is 0 Å². The van der Waals surface area contributed by atoms with E-state index in [1.54, 1.807) is 19.1 Å². The van der Waals surface area contributed by atoms with Crippen molar-refractivity contribution in [1.82, 2.24) is 19.7 Å². The molecule has 2 fully saturated rings. The molecule has 7 heteroatoms.